The molecule has 3 rings (SSSR count). The van der Waals surface area contributed by atoms with Crippen LogP contribution < -0.4 is 4.74 Å². The van der Waals surface area contributed by atoms with Gasteiger partial charge in [0.2, 0.25) is 0 Å². The highest BCUT2D eigenvalue weighted by molar-refractivity contribution is 9.08. The SMILES string of the molecule is O=C(O)c1cc2cc(OCc3ccccc3CBr)ccc2[nH]1. The van der Waals surface area contributed by atoms with E-state index in [1.165, 1.54) is 5.56 Å². The lowest BCUT2D eigenvalue weighted by atomic mass is 10.1. The van der Waals surface area contributed by atoms with Crippen LogP contribution in [0.3, 0.4) is 0 Å². The topological polar surface area (TPSA) is 62.3 Å². The highest BCUT2D eigenvalue weighted by Gasteiger charge is 2.08. The van der Waals surface area contributed by atoms with Crippen molar-refractivity contribution in [2.24, 2.45) is 0 Å². The summed E-state index contributed by atoms with van der Waals surface area (Å²) in [5.74, 6) is -0.252. The molecule has 2 aromatic carbocycles. The molecular formula is C17H14BrNO3. The van der Waals surface area contributed by atoms with Crippen molar-refractivity contribution in [1.82, 2.24) is 4.98 Å². The lowest BCUT2D eigenvalue weighted by molar-refractivity contribution is 0.0691. The normalized spacial score (nSPS) is 10.8. The largest absolute Gasteiger partial charge is 0.489 e. The van der Waals surface area contributed by atoms with E-state index in [4.69, 9.17) is 9.84 Å². The van der Waals surface area contributed by atoms with Crippen LogP contribution in [-0.4, -0.2) is 16.1 Å². The molecule has 0 saturated carbocycles. The maximum atomic E-state index is 11.0. The Morgan fingerprint density at radius 3 is 2.64 bits per heavy atom. The Morgan fingerprint density at radius 1 is 1.14 bits per heavy atom. The molecule has 0 aliphatic carbocycles. The predicted octanol–water partition coefficient (Wildman–Crippen LogP) is 4.34. The summed E-state index contributed by atoms with van der Waals surface area (Å²) in [4.78, 5) is 13.8. The molecule has 112 valence electrons. The van der Waals surface area contributed by atoms with Crippen LogP contribution in [0.1, 0.15) is 21.6 Å². The van der Waals surface area contributed by atoms with Gasteiger partial charge in [-0.15, -0.1) is 0 Å². The molecule has 1 aromatic heterocycles. The molecule has 0 saturated heterocycles. The summed E-state index contributed by atoms with van der Waals surface area (Å²) in [6, 6.07) is 15.2. The number of H-pyrrole nitrogens is 1. The molecule has 0 spiro atoms. The molecule has 0 radical (unpaired) electrons. The van der Waals surface area contributed by atoms with E-state index in [1.54, 1.807) is 6.07 Å². The second kappa shape index (κ2) is 6.23. The number of fused-ring (bicyclic) bond motifs is 1. The molecular weight excluding hydrogens is 346 g/mol. The van der Waals surface area contributed by atoms with Crippen molar-refractivity contribution < 1.29 is 14.6 Å². The van der Waals surface area contributed by atoms with Gasteiger partial charge >= 0.3 is 5.97 Å². The first-order valence-corrected chi connectivity index (χ1v) is 7.91. The van der Waals surface area contributed by atoms with Crippen LogP contribution in [0.25, 0.3) is 10.9 Å². The third-order valence-corrected chi connectivity index (χ3v) is 4.08. The Bertz CT molecular complexity index is 826. The number of aromatic nitrogens is 1. The van der Waals surface area contributed by atoms with E-state index >= 15 is 0 Å². The zero-order valence-corrected chi connectivity index (χ0v) is 13.3. The molecule has 0 aliphatic heterocycles. The molecule has 1 heterocycles. The van der Waals surface area contributed by atoms with E-state index in [0.717, 1.165) is 21.8 Å². The highest BCUT2D eigenvalue weighted by Crippen LogP contribution is 2.23. The van der Waals surface area contributed by atoms with Crippen LogP contribution in [0.4, 0.5) is 0 Å². The quantitative estimate of drug-likeness (QED) is 0.666. The standard InChI is InChI=1S/C17H14BrNO3/c18-9-11-3-1-2-4-12(11)10-22-14-5-6-15-13(7-14)8-16(19-15)17(20)21/h1-8,19H,9-10H2,(H,20,21). The Balaban J connectivity index is 1.80. The van der Waals surface area contributed by atoms with E-state index < -0.39 is 5.97 Å². The van der Waals surface area contributed by atoms with Gasteiger partial charge in [-0.25, -0.2) is 4.79 Å². The van der Waals surface area contributed by atoms with Crippen LogP contribution in [0.2, 0.25) is 0 Å². The minimum Gasteiger partial charge on any atom is -0.489 e. The number of aromatic carboxylic acids is 1. The van der Waals surface area contributed by atoms with Crippen molar-refractivity contribution in [3.63, 3.8) is 0 Å². The molecule has 5 heteroatoms. The van der Waals surface area contributed by atoms with Crippen LogP contribution in [-0.2, 0) is 11.9 Å². The van der Waals surface area contributed by atoms with Crippen molar-refractivity contribution in [3.05, 3.63) is 65.4 Å². The average Bonchev–Trinajstić information content (AvgIpc) is 2.96. The molecule has 4 nitrogen and oxygen atoms in total. The molecule has 0 aliphatic rings. The third kappa shape index (κ3) is 2.99. The molecule has 0 unspecified atom stereocenters. The number of nitrogens with one attached hydrogen (secondary N) is 1. The Labute approximate surface area is 135 Å². The monoisotopic (exact) mass is 359 g/mol. The summed E-state index contributed by atoms with van der Waals surface area (Å²) in [6.07, 6.45) is 0. The van der Waals surface area contributed by atoms with Crippen LogP contribution in [0.15, 0.2) is 48.5 Å². The molecule has 3 aromatic rings. The van der Waals surface area contributed by atoms with E-state index in [1.807, 2.05) is 36.4 Å². The number of hydrogen-bond donors (Lipinski definition) is 2. The van der Waals surface area contributed by atoms with E-state index in [-0.39, 0.29) is 5.69 Å². The zero-order chi connectivity index (χ0) is 15.5. The number of halogens is 1. The summed E-state index contributed by atoms with van der Waals surface area (Å²) in [5, 5.41) is 10.6. The number of rotatable bonds is 5. The lowest BCUT2D eigenvalue weighted by Gasteiger charge is -2.09. The average molecular weight is 360 g/mol. The van der Waals surface area contributed by atoms with Gasteiger partial charge in [0.05, 0.1) is 0 Å². The Kier molecular flexibility index (Phi) is 4.15. The van der Waals surface area contributed by atoms with Crippen molar-refractivity contribution in [1.29, 1.82) is 0 Å². The van der Waals surface area contributed by atoms with Gasteiger partial charge in [0, 0.05) is 16.2 Å². The van der Waals surface area contributed by atoms with Gasteiger partial charge in [0.15, 0.2) is 0 Å². The number of carboxylic acid groups (broad SMARTS) is 1. The molecule has 2 N–H and O–H groups in total. The van der Waals surface area contributed by atoms with E-state index in [9.17, 15) is 4.79 Å². The summed E-state index contributed by atoms with van der Waals surface area (Å²) < 4.78 is 5.83. The summed E-state index contributed by atoms with van der Waals surface area (Å²) >= 11 is 3.47. The molecule has 22 heavy (non-hydrogen) atoms. The summed E-state index contributed by atoms with van der Waals surface area (Å²) in [5.41, 5.74) is 3.28. The van der Waals surface area contributed by atoms with Gasteiger partial charge in [-0.2, -0.15) is 0 Å². The number of aromatic amines is 1. The minimum absolute atomic E-state index is 0.178. The fourth-order valence-electron chi connectivity index (χ4n) is 2.31. The van der Waals surface area contributed by atoms with Gasteiger partial charge in [-0.3, -0.25) is 0 Å². The van der Waals surface area contributed by atoms with E-state index in [0.29, 0.717) is 12.4 Å². The van der Waals surface area contributed by atoms with Crippen LogP contribution in [0.5, 0.6) is 5.75 Å². The van der Waals surface area contributed by atoms with Crippen molar-refractivity contribution in [2.75, 3.05) is 0 Å². The second-order valence-electron chi connectivity index (χ2n) is 4.93. The van der Waals surface area contributed by atoms with Crippen LogP contribution in [0, 0.1) is 0 Å². The Morgan fingerprint density at radius 2 is 1.91 bits per heavy atom. The maximum Gasteiger partial charge on any atom is 0.352 e. The van der Waals surface area contributed by atoms with Crippen molar-refractivity contribution >= 4 is 32.8 Å². The smallest absolute Gasteiger partial charge is 0.352 e. The van der Waals surface area contributed by atoms with Crippen molar-refractivity contribution in [2.45, 2.75) is 11.9 Å². The molecule has 0 amide bonds. The van der Waals surface area contributed by atoms with Crippen LogP contribution >= 0.6 is 15.9 Å². The Hall–Kier alpha value is -2.27. The van der Waals surface area contributed by atoms with E-state index in [2.05, 4.69) is 27.0 Å². The van der Waals surface area contributed by atoms with Gasteiger partial charge in [-0.05, 0) is 35.4 Å². The fourth-order valence-corrected chi connectivity index (χ4v) is 2.85. The maximum absolute atomic E-state index is 11.0. The third-order valence-electron chi connectivity index (χ3n) is 3.48. The van der Waals surface area contributed by atoms with Gasteiger partial charge in [0.25, 0.3) is 0 Å². The number of alkyl halides is 1. The number of hydrogen-bond acceptors (Lipinski definition) is 2. The molecule has 0 bridgehead atoms. The number of ether oxygens (including phenoxy) is 1. The predicted molar refractivity (Wildman–Crippen MR) is 88.7 cm³/mol. The number of carboxylic acids is 1. The second-order valence-corrected chi connectivity index (χ2v) is 5.49. The first-order valence-electron chi connectivity index (χ1n) is 6.79. The number of benzene rings is 2. The molecule has 0 fully saturated rings. The number of carbonyl (C=O) groups is 1. The first kappa shape index (κ1) is 14.7. The van der Waals surface area contributed by atoms with Crippen molar-refractivity contribution in [3.8, 4) is 5.75 Å². The van der Waals surface area contributed by atoms with Gasteiger partial charge in [0.1, 0.15) is 18.1 Å². The fraction of sp³-hybridized carbons (Fsp3) is 0.118. The first-order chi connectivity index (χ1) is 10.7. The van der Waals surface area contributed by atoms with Gasteiger partial charge in [-0.1, -0.05) is 40.2 Å². The summed E-state index contributed by atoms with van der Waals surface area (Å²) in [6.45, 7) is 0.476. The lowest BCUT2D eigenvalue weighted by Crippen LogP contribution is -1.98. The minimum atomic E-state index is -0.968. The van der Waals surface area contributed by atoms with Gasteiger partial charge < -0.3 is 14.8 Å². The molecule has 0 atom stereocenters. The zero-order valence-electron chi connectivity index (χ0n) is 11.7. The highest BCUT2D eigenvalue weighted by atomic mass is 79.9. The summed E-state index contributed by atoms with van der Waals surface area (Å²) in [7, 11) is 0.